The molecule has 0 unspecified atom stereocenters. The molecule has 8 heteroatoms. The van der Waals surface area contributed by atoms with E-state index in [-0.39, 0.29) is 24.4 Å². The van der Waals surface area contributed by atoms with Gasteiger partial charge in [-0.1, -0.05) is 18.2 Å². The van der Waals surface area contributed by atoms with Crippen LogP contribution in [0, 0.1) is 5.82 Å². The lowest BCUT2D eigenvalue weighted by molar-refractivity contribution is 0.0954. The highest BCUT2D eigenvalue weighted by atomic mass is 19.1. The van der Waals surface area contributed by atoms with Gasteiger partial charge in [0.05, 0.1) is 6.04 Å². The van der Waals surface area contributed by atoms with Crippen LogP contribution in [0.15, 0.2) is 48.5 Å². The van der Waals surface area contributed by atoms with Gasteiger partial charge >= 0.3 is 0 Å². The van der Waals surface area contributed by atoms with Gasteiger partial charge in [-0.25, -0.2) is 9.07 Å². The van der Waals surface area contributed by atoms with E-state index < -0.39 is 0 Å². The second kappa shape index (κ2) is 9.07. The van der Waals surface area contributed by atoms with Crippen LogP contribution < -0.4 is 10.1 Å². The highest BCUT2D eigenvalue weighted by molar-refractivity contribution is 5.94. The Kier molecular flexibility index (Phi) is 6.31. The van der Waals surface area contributed by atoms with E-state index in [1.54, 1.807) is 47.1 Å². The summed E-state index contributed by atoms with van der Waals surface area (Å²) >= 11 is 0. The fraction of sp³-hybridized carbons (Fsp3) is 0.300. The van der Waals surface area contributed by atoms with Crippen LogP contribution in [-0.2, 0) is 13.0 Å². The fourth-order valence-corrected chi connectivity index (χ4v) is 2.67. The number of nitrogens with one attached hydrogen (secondary N) is 1. The number of carbonyl (C=O) groups is 1. The number of rotatable bonds is 8. The zero-order chi connectivity index (χ0) is 19.9. The van der Waals surface area contributed by atoms with Crippen LogP contribution in [0.1, 0.15) is 41.6 Å². The van der Waals surface area contributed by atoms with Gasteiger partial charge in [0.15, 0.2) is 5.82 Å². The van der Waals surface area contributed by atoms with Crippen LogP contribution in [0.4, 0.5) is 4.39 Å². The number of amides is 1. The SMILES string of the molecule is CC(C)n1nnnc1COc1ccc(C(=O)NCCc2ccccc2F)cc1. The van der Waals surface area contributed by atoms with Crippen molar-refractivity contribution in [1.29, 1.82) is 0 Å². The van der Waals surface area contributed by atoms with Gasteiger partial charge in [0.1, 0.15) is 18.2 Å². The summed E-state index contributed by atoms with van der Waals surface area (Å²) in [6, 6.07) is 13.5. The number of halogens is 1. The van der Waals surface area contributed by atoms with Gasteiger partial charge in [0, 0.05) is 12.1 Å². The average molecular weight is 383 g/mol. The number of hydrogen-bond acceptors (Lipinski definition) is 5. The number of tetrazole rings is 1. The standard InChI is InChI=1S/C20H22FN5O2/c1-14(2)26-19(23-24-25-26)13-28-17-9-7-16(8-10-17)20(27)22-12-11-15-5-3-4-6-18(15)21/h3-10,14H,11-13H2,1-2H3,(H,22,27). The summed E-state index contributed by atoms with van der Waals surface area (Å²) in [7, 11) is 0. The molecule has 146 valence electrons. The lowest BCUT2D eigenvalue weighted by Gasteiger charge is -2.10. The second-order valence-electron chi connectivity index (χ2n) is 6.54. The van der Waals surface area contributed by atoms with Crippen molar-refractivity contribution in [3.8, 4) is 5.75 Å². The Bertz CT molecular complexity index is 924. The maximum atomic E-state index is 13.6. The predicted molar refractivity (Wildman–Crippen MR) is 101 cm³/mol. The molecule has 7 nitrogen and oxygen atoms in total. The third kappa shape index (κ3) is 4.91. The van der Waals surface area contributed by atoms with E-state index in [1.807, 2.05) is 13.8 Å². The van der Waals surface area contributed by atoms with E-state index in [2.05, 4.69) is 20.8 Å². The molecule has 28 heavy (non-hydrogen) atoms. The molecule has 3 aromatic rings. The highest BCUT2D eigenvalue weighted by Crippen LogP contribution is 2.15. The molecule has 0 saturated heterocycles. The van der Waals surface area contributed by atoms with Crippen molar-refractivity contribution < 1.29 is 13.9 Å². The molecular weight excluding hydrogens is 361 g/mol. The first-order chi connectivity index (χ1) is 13.5. The number of carbonyl (C=O) groups excluding carboxylic acids is 1. The Labute approximate surface area is 162 Å². The summed E-state index contributed by atoms with van der Waals surface area (Å²) < 4.78 is 21.0. The first-order valence-electron chi connectivity index (χ1n) is 9.06. The minimum atomic E-state index is -0.262. The molecule has 0 spiro atoms. The third-order valence-corrected chi connectivity index (χ3v) is 4.17. The highest BCUT2D eigenvalue weighted by Gasteiger charge is 2.10. The van der Waals surface area contributed by atoms with Gasteiger partial charge in [-0.05, 0) is 66.6 Å². The molecule has 3 rings (SSSR count). The van der Waals surface area contributed by atoms with E-state index in [0.717, 1.165) is 0 Å². The molecule has 0 atom stereocenters. The molecule has 1 aromatic heterocycles. The molecule has 1 amide bonds. The quantitative estimate of drug-likeness (QED) is 0.647. The summed E-state index contributed by atoms with van der Waals surface area (Å²) in [5.74, 6) is 0.763. The van der Waals surface area contributed by atoms with E-state index in [0.29, 0.717) is 35.7 Å². The summed E-state index contributed by atoms with van der Waals surface area (Å²) in [5.41, 5.74) is 1.09. The number of ether oxygens (including phenoxy) is 1. The van der Waals surface area contributed by atoms with Crippen molar-refractivity contribution in [3.63, 3.8) is 0 Å². The first-order valence-corrected chi connectivity index (χ1v) is 9.06. The zero-order valence-electron chi connectivity index (χ0n) is 15.8. The maximum absolute atomic E-state index is 13.6. The number of aromatic nitrogens is 4. The Morgan fingerprint density at radius 2 is 1.93 bits per heavy atom. The van der Waals surface area contributed by atoms with Gasteiger partial charge < -0.3 is 10.1 Å². The minimum absolute atomic E-state index is 0.143. The van der Waals surface area contributed by atoms with Crippen molar-refractivity contribution >= 4 is 5.91 Å². The Hall–Kier alpha value is -3.29. The van der Waals surface area contributed by atoms with Crippen molar-refractivity contribution in [2.24, 2.45) is 0 Å². The van der Waals surface area contributed by atoms with Crippen LogP contribution in [-0.4, -0.2) is 32.7 Å². The topological polar surface area (TPSA) is 81.9 Å². The summed E-state index contributed by atoms with van der Waals surface area (Å²) in [6.45, 7) is 4.56. The maximum Gasteiger partial charge on any atom is 0.251 e. The predicted octanol–water partition coefficient (Wildman–Crippen LogP) is 2.94. The number of benzene rings is 2. The zero-order valence-corrected chi connectivity index (χ0v) is 15.8. The third-order valence-electron chi connectivity index (χ3n) is 4.17. The molecule has 0 aliphatic rings. The second-order valence-corrected chi connectivity index (χ2v) is 6.54. The van der Waals surface area contributed by atoms with Gasteiger partial charge in [-0.2, -0.15) is 0 Å². The van der Waals surface area contributed by atoms with Crippen LogP contribution in [0.25, 0.3) is 0 Å². The molecule has 1 heterocycles. The molecule has 1 N–H and O–H groups in total. The van der Waals surface area contributed by atoms with Gasteiger partial charge in [-0.15, -0.1) is 5.10 Å². The largest absolute Gasteiger partial charge is 0.486 e. The van der Waals surface area contributed by atoms with E-state index in [4.69, 9.17) is 4.74 Å². The van der Waals surface area contributed by atoms with E-state index >= 15 is 0 Å². The lowest BCUT2D eigenvalue weighted by Crippen LogP contribution is -2.25. The molecule has 2 aromatic carbocycles. The molecule has 0 radical (unpaired) electrons. The summed E-state index contributed by atoms with van der Waals surface area (Å²) in [5, 5.41) is 14.3. The van der Waals surface area contributed by atoms with Crippen LogP contribution >= 0.6 is 0 Å². The Morgan fingerprint density at radius 1 is 1.18 bits per heavy atom. The van der Waals surface area contributed by atoms with Gasteiger partial charge in [0.2, 0.25) is 0 Å². The molecular formula is C20H22FN5O2. The normalized spacial score (nSPS) is 10.9. The van der Waals surface area contributed by atoms with Crippen molar-refractivity contribution in [1.82, 2.24) is 25.5 Å². The van der Waals surface area contributed by atoms with Gasteiger partial charge in [-0.3, -0.25) is 4.79 Å². The van der Waals surface area contributed by atoms with E-state index in [1.165, 1.54) is 6.07 Å². The van der Waals surface area contributed by atoms with Crippen LogP contribution in [0.2, 0.25) is 0 Å². The minimum Gasteiger partial charge on any atom is -0.486 e. The first kappa shape index (κ1) is 19.5. The lowest BCUT2D eigenvalue weighted by atomic mass is 10.1. The number of nitrogens with zero attached hydrogens (tertiary/aromatic N) is 4. The van der Waals surface area contributed by atoms with Crippen molar-refractivity contribution in [2.45, 2.75) is 32.9 Å². The van der Waals surface area contributed by atoms with E-state index in [9.17, 15) is 9.18 Å². The molecule has 0 fully saturated rings. The molecule has 0 aliphatic carbocycles. The average Bonchev–Trinajstić information content (AvgIpc) is 3.17. The van der Waals surface area contributed by atoms with Crippen LogP contribution in [0.5, 0.6) is 5.75 Å². The number of hydrogen-bond donors (Lipinski definition) is 1. The molecule has 0 aliphatic heterocycles. The molecule has 0 saturated carbocycles. The van der Waals surface area contributed by atoms with Crippen molar-refractivity contribution in [3.05, 3.63) is 71.3 Å². The monoisotopic (exact) mass is 383 g/mol. The van der Waals surface area contributed by atoms with Crippen molar-refractivity contribution in [2.75, 3.05) is 6.54 Å². The summed E-state index contributed by atoms with van der Waals surface area (Å²) in [6.07, 6.45) is 0.435. The Morgan fingerprint density at radius 3 is 2.64 bits per heavy atom. The Balaban J connectivity index is 1.50. The van der Waals surface area contributed by atoms with Gasteiger partial charge in [0.25, 0.3) is 5.91 Å². The molecule has 0 bridgehead atoms. The summed E-state index contributed by atoms with van der Waals surface area (Å²) in [4.78, 5) is 12.2. The fourth-order valence-electron chi connectivity index (χ4n) is 2.67. The van der Waals surface area contributed by atoms with Crippen LogP contribution in [0.3, 0.4) is 0 Å². The smallest absolute Gasteiger partial charge is 0.251 e.